The van der Waals surface area contributed by atoms with Gasteiger partial charge >= 0.3 is 5.97 Å². The van der Waals surface area contributed by atoms with Gasteiger partial charge in [-0.1, -0.05) is 40.5 Å². The van der Waals surface area contributed by atoms with E-state index in [9.17, 15) is 9.59 Å². The zero-order chi connectivity index (χ0) is 15.4. The van der Waals surface area contributed by atoms with Crippen LogP contribution < -0.4 is 4.74 Å². The average molecular weight is 368 g/mol. The van der Waals surface area contributed by atoms with Crippen molar-refractivity contribution in [2.45, 2.75) is 13.3 Å². The third-order valence-electron chi connectivity index (χ3n) is 2.82. The minimum Gasteiger partial charge on any atom is -0.426 e. The monoisotopic (exact) mass is 366 g/mol. The summed E-state index contributed by atoms with van der Waals surface area (Å²) in [7, 11) is 0. The smallest absolute Gasteiger partial charge is 0.310 e. The molecule has 0 heterocycles. The van der Waals surface area contributed by atoms with Crippen molar-refractivity contribution in [1.29, 1.82) is 0 Å². The van der Waals surface area contributed by atoms with Crippen LogP contribution in [0.1, 0.15) is 29.3 Å². The van der Waals surface area contributed by atoms with Gasteiger partial charge in [-0.05, 0) is 36.4 Å². The maximum absolute atomic E-state index is 12.6. The van der Waals surface area contributed by atoms with E-state index in [0.29, 0.717) is 5.56 Å². The fourth-order valence-corrected chi connectivity index (χ4v) is 2.27. The first-order valence-electron chi connectivity index (χ1n) is 6.32. The zero-order valence-corrected chi connectivity index (χ0v) is 13.6. The summed E-state index contributed by atoms with van der Waals surface area (Å²) in [5.74, 6) is -0.517. The van der Waals surface area contributed by atoms with Gasteiger partial charge in [-0.15, -0.1) is 0 Å². The van der Waals surface area contributed by atoms with Crippen molar-refractivity contribution >= 4 is 39.3 Å². The summed E-state index contributed by atoms with van der Waals surface area (Å²) in [4.78, 5) is 24.0. The molecule has 108 valence electrons. The molecule has 0 aliphatic carbocycles. The van der Waals surface area contributed by atoms with Gasteiger partial charge in [0.1, 0.15) is 5.75 Å². The topological polar surface area (TPSA) is 43.4 Å². The fraction of sp³-hybridized carbons (Fsp3) is 0.125. The Hall–Kier alpha value is -1.65. The van der Waals surface area contributed by atoms with E-state index in [4.69, 9.17) is 16.3 Å². The molecule has 0 bridgehead atoms. The summed E-state index contributed by atoms with van der Waals surface area (Å²) < 4.78 is 6.06. The van der Waals surface area contributed by atoms with E-state index < -0.39 is 5.97 Å². The highest BCUT2D eigenvalue weighted by molar-refractivity contribution is 9.10. The Labute approximate surface area is 136 Å². The molecule has 0 aliphatic heterocycles. The van der Waals surface area contributed by atoms with Crippen molar-refractivity contribution in [3.05, 3.63) is 63.1 Å². The molecule has 0 unspecified atom stereocenters. The molecular formula is C16H12BrClO3. The van der Waals surface area contributed by atoms with E-state index in [2.05, 4.69) is 15.9 Å². The van der Waals surface area contributed by atoms with Crippen molar-refractivity contribution < 1.29 is 14.3 Å². The third-order valence-corrected chi connectivity index (χ3v) is 3.66. The highest BCUT2D eigenvalue weighted by Gasteiger charge is 2.19. The second-order valence-corrected chi connectivity index (χ2v) is 5.60. The molecule has 2 aromatic rings. The third kappa shape index (κ3) is 3.71. The maximum Gasteiger partial charge on any atom is 0.310 e. The number of carbonyl (C=O) groups excluding carboxylic acids is 2. The van der Waals surface area contributed by atoms with Crippen molar-refractivity contribution in [3.63, 3.8) is 0 Å². The predicted molar refractivity (Wildman–Crippen MR) is 85.0 cm³/mol. The highest BCUT2D eigenvalue weighted by atomic mass is 79.9. The Morgan fingerprint density at radius 1 is 1.14 bits per heavy atom. The maximum atomic E-state index is 12.6. The minimum absolute atomic E-state index is 0.183. The Morgan fingerprint density at radius 3 is 2.43 bits per heavy atom. The molecule has 0 saturated carbocycles. The van der Waals surface area contributed by atoms with Crippen LogP contribution in [0.4, 0.5) is 0 Å². The molecule has 0 N–H and O–H groups in total. The molecule has 0 radical (unpaired) electrons. The molecule has 0 spiro atoms. The first-order chi connectivity index (χ1) is 10.0. The number of hydrogen-bond acceptors (Lipinski definition) is 3. The molecule has 0 atom stereocenters. The predicted octanol–water partition coefficient (Wildman–Crippen LogP) is 4.65. The van der Waals surface area contributed by atoms with Crippen molar-refractivity contribution in [1.82, 2.24) is 0 Å². The first-order valence-corrected chi connectivity index (χ1v) is 7.49. The molecule has 0 aliphatic rings. The minimum atomic E-state index is -0.415. The molecule has 0 aromatic heterocycles. The number of hydrogen-bond donors (Lipinski definition) is 0. The Bertz CT molecular complexity index is 680. The number of benzene rings is 2. The van der Waals surface area contributed by atoms with Crippen molar-refractivity contribution in [2.75, 3.05) is 0 Å². The SMILES string of the molecule is CCC(=O)Oc1cccc(Cl)c1C(=O)c1ccc(Br)cc1. The zero-order valence-electron chi connectivity index (χ0n) is 11.2. The van der Waals surface area contributed by atoms with E-state index in [1.165, 1.54) is 0 Å². The summed E-state index contributed by atoms with van der Waals surface area (Å²) >= 11 is 9.43. The van der Waals surface area contributed by atoms with E-state index in [-0.39, 0.29) is 28.5 Å². The van der Waals surface area contributed by atoms with Crippen LogP contribution in [-0.4, -0.2) is 11.8 Å². The quantitative estimate of drug-likeness (QED) is 0.449. The van der Waals surface area contributed by atoms with Crippen molar-refractivity contribution in [2.24, 2.45) is 0 Å². The fourth-order valence-electron chi connectivity index (χ4n) is 1.75. The van der Waals surface area contributed by atoms with Crippen molar-refractivity contribution in [3.8, 4) is 5.75 Å². The van der Waals surface area contributed by atoms with Gasteiger partial charge < -0.3 is 4.74 Å². The summed E-state index contributed by atoms with van der Waals surface area (Å²) in [5.41, 5.74) is 0.670. The molecular weight excluding hydrogens is 356 g/mol. The highest BCUT2D eigenvalue weighted by Crippen LogP contribution is 2.29. The van der Waals surface area contributed by atoms with Crippen LogP contribution in [0.25, 0.3) is 0 Å². The standard InChI is InChI=1S/C16H12BrClO3/c1-2-14(19)21-13-5-3-4-12(18)15(13)16(20)10-6-8-11(17)9-7-10/h3-9H,2H2,1H3. The number of esters is 1. The van der Waals surface area contributed by atoms with E-state index >= 15 is 0 Å². The number of halogens is 2. The normalized spacial score (nSPS) is 10.2. The first kappa shape index (κ1) is 15.7. The van der Waals surface area contributed by atoms with Crippen LogP contribution in [0.5, 0.6) is 5.75 Å². The van der Waals surface area contributed by atoms with E-state index in [1.54, 1.807) is 49.4 Å². The van der Waals surface area contributed by atoms with Gasteiger partial charge in [0.2, 0.25) is 0 Å². The van der Waals surface area contributed by atoms with Crippen LogP contribution in [0.2, 0.25) is 5.02 Å². The van der Waals surface area contributed by atoms with Crippen LogP contribution in [0, 0.1) is 0 Å². The van der Waals surface area contributed by atoms with Gasteiger partial charge in [0.15, 0.2) is 5.78 Å². The number of ketones is 1. The lowest BCUT2D eigenvalue weighted by Crippen LogP contribution is -2.11. The van der Waals surface area contributed by atoms with Crippen LogP contribution >= 0.6 is 27.5 Å². The number of carbonyl (C=O) groups is 2. The van der Waals surface area contributed by atoms with Gasteiger partial charge in [-0.2, -0.15) is 0 Å². The molecule has 2 rings (SSSR count). The lowest BCUT2D eigenvalue weighted by molar-refractivity contribution is -0.134. The molecule has 0 fully saturated rings. The number of ether oxygens (including phenoxy) is 1. The Morgan fingerprint density at radius 2 is 1.81 bits per heavy atom. The Balaban J connectivity index is 2.44. The summed E-state index contributed by atoms with van der Waals surface area (Å²) in [6, 6.07) is 11.7. The number of rotatable bonds is 4. The largest absolute Gasteiger partial charge is 0.426 e. The van der Waals surface area contributed by atoms with E-state index in [0.717, 1.165) is 4.47 Å². The molecule has 3 nitrogen and oxygen atoms in total. The summed E-state index contributed by atoms with van der Waals surface area (Å²) in [6.07, 6.45) is 0.221. The van der Waals surface area contributed by atoms with Gasteiger partial charge in [-0.25, -0.2) is 0 Å². The summed E-state index contributed by atoms with van der Waals surface area (Å²) in [5, 5.41) is 0.254. The molecule has 0 amide bonds. The van der Waals surface area contributed by atoms with Gasteiger partial charge in [-0.3, -0.25) is 9.59 Å². The van der Waals surface area contributed by atoms with Crippen LogP contribution in [-0.2, 0) is 4.79 Å². The Kier molecular flexibility index (Phi) is 5.15. The second kappa shape index (κ2) is 6.87. The van der Waals surface area contributed by atoms with Gasteiger partial charge in [0.25, 0.3) is 0 Å². The van der Waals surface area contributed by atoms with Gasteiger partial charge in [0.05, 0.1) is 10.6 Å². The van der Waals surface area contributed by atoms with Crippen LogP contribution in [0.15, 0.2) is 46.9 Å². The lowest BCUT2D eigenvalue weighted by atomic mass is 10.0. The van der Waals surface area contributed by atoms with E-state index in [1.807, 2.05) is 0 Å². The van der Waals surface area contributed by atoms with Crippen LogP contribution in [0.3, 0.4) is 0 Å². The summed E-state index contributed by atoms with van der Waals surface area (Å²) in [6.45, 7) is 1.68. The molecule has 21 heavy (non-hydrogen) atoms. The van der Waals surface area contributed by atoms with Gasteiger partial charge in [0, 0.05) is 16.5 Å². The molecule has 0 saturated heterocycles. The lowest BCUT2D eigenvalue weighted by Gasteiger charge is -2.10. The molecule has 2 aromatic carbocycles. The average Bonchev–Trinajstić information content (AvgIpc) is 2.47. The molecule has 5 heteroatoms. The second-order valence-electron chi connectivity index (χ2n) is 4.28.